The van der Waals surface area contributed by atoms with Crippen LogP contribution in [0.3, 0.4) is 0 Å². The maximum atomic E-state index is 6.13. The summed E-state index contributed by atoms with van der Waals surface area (Å²) in [4.78, 5) is 10.2. The first-order valence-electron chi connectivity index (χ1n) is 6.68. The second kappa shape index (κ2) is 6.15. The van der Waals surface area contributed by atoms with E-state index in [-0.39, 0.29) is 5.41 Å². The molecule has 1 aromatic heterocycles. The summed E-state index contributed by atoms with van der Waals surface area (Å²) in [7, 11) is 0. The summed E-state index contributed by atoms with van der Waals surface area (Å²) in [6, 6.07) is 10.1. The molecule has 0 aliphatic carbocycles. The van der Waals surface area contributed by atoms with Gasteiger partial charge in [-0.25, -0.2) is 9.97 Å². The lowest BCUT2D eigenvalue weighted by Crippen LogP contribution is -2.14. The first-order chi connectivity index (χ1) is 9.40. The average Bonchev–Trinajstić information content (AvgIpc) is 2.38. The molecule has 0 atom stereocenters. The monoisotopic (exact) mass is 306 g/mol. The Morgan fingerprint density at radius 3 is 2.30 bits per heavy atom. The van der Waals surface area contributed by atoms with E-state index in [4.69, 9.17) is 11.6 Å². The van der Waals surface area contributed by atoms with Gasteiger partial charge in [0.15, 0.2) is 5.82 Å². The van der Waals surface area contributed by atoms with Gasteiger partial charge in [-0.15, -0.1) is 11.8 Å². The number of benzene rings is 1. The standard InChI is InChI=1S/C16H19ClN2S/c1-5-20-12-8-6-11(7-9-12)15-18-13(16(2,3)4)10-14(17)19-15/h6-10H,5H2,1-4H3. The molecule has 2 aromatic rings. The van der Waals surface area contributed by atoms with Crippen molar-refractivity contribution in [3.05, 3.63) is 41.2 Å². The molecule has 0 amide bonds. The summed E-state index contributed by atoms with van der Waals surface area (Å²) in [5, 5.41) is 0.493. The second-order valence-electron chi connectivity index (χ2n) is 5.61. The molecule has 106 valence electrons. The molecule has 0 aliphatic rings. The smallest absolute Gasteiger partial charge is 0.161 e. The van der Waals surface area contributed by atoms with E-state index in [0.29, 0.717) is 11.0 Å². The van der Waals surface area contributed by atoms with E-state index in [1.165, 1.54) is 4.90 Å². The van der Waals surface area contributed by atoms with Crippen molar-refractivity contribution in [3.8, 4) is 11.4 Å². The molecule has 0 saturated carbocycles. The van der Waals surface area contributed by atoms with Crippen molar-refractivity contribution in [2.45, 2.75) is 38.0 Å². The van der Waals surface area contributed by atoms with Gasteiger partial charge in [0.2, 0.25) is 0 Å². The van der Waals surface area contributed by atoms with Crippen molar-refractivity contribution in [1.29, 1.82) is 0 Å². The fourth-order valence-corrected chi connectivity index (χ4v) is 2.64. The summed E-state index contributed by atoms with van der Waals surface area (Å²) in [5.41, 5.74) is 1.91. The number of hydrogen-bond acceptors (Lipinski definition) is 3. The number of nitrogens with zero attached hydrogens (tertiary/aromatic N) is 2. The predicted octanol–water partition coefficient (Wildman–Crippen LogP) is 5.21. The molecule has 0 unspecified atom stereocenters. The van der Waals surface area contributed by atoms with E-state index < -0.39 is 0 Å². The van der Waals surface area contributed by atoms with Crippen LogP contribution in [0.2, 0.25) is 5.15 Å². The maximum absolute atomic E-state index is 6.13. The van der Waals surface area contributed by atoms with Gasteiger partial charge in [-0.3, -0.25) is 0 Å². The largest absolute Gasteiger partial charge is 0.232 e. The molecule has 1 aromatic carbocycles. The Kier molecular flexibility index (Phi) is 4.71. The third-order valence-electron chi connectivity index (χ3n) is 2.89. The third-order valence-corrected chi connectivity index (χ3v) is 3.97. The topological polar surface area (TPSA) is 25.8 Å². The fourth-order valence-electron chi connectivity index (χ4n) is 1.80. The molecule has 20 heavy (non-hydrogen) atoms. The Labute approximate surface area is 130 Å². The van der Waals surface area contributed by atoms with Crippen LogP contribution in [0.25, 0.3) is 11.4 Å². The van der Waals surface area contributed by atoms with Crippen LogP contribution in [0.15, 0.2) is 35.2 Å². The van der Waals surface area contributed by atoms with E-state index in [2.05, 4.69) is 61.9 Å². The van der Waals surface area contributed by atoms with Crippen molar-refractivity contribution in [2.24, 2.45) is 0 Å². The van der Waals surface area contributed by atoms with E-state index in [1.807, 2.05) is 17.8 Å². The fraction of sp³-hybridized carbons (Fsp3) is 0.375. The van der Waals surface area contributed by atoms with Crippen molar-refractivity contribution in [1.82, 2.24) is 9.97 Å². The Bertz CT molecular complexity index is 588. The summed E-state index contributed by atoms with van der Waals surface area (Å²) < 4.78 is 0. The highest BCUT2D eigenvalue weighted by Crippen LogP contribution is 2.27. The molecular formula is C16H19ClN2S. The van der Waals surface area contributed by atoms with E-state index >= 15 is 0 Å². The normalized spacial score (nSPS) is 11.7. The number of rotatable bonds is 3. The van der Waals surface area contributed by atoms with Crippen LogP contribution in [0, 0.1) is 0 Å². The van der Waals surface area contributed by atoms with Gasteiger partial charge in [0, 0.05) is 15.9 Å². The van der Waals surface area contributed by atoms with Gasteiger partial charge in [0.05, 0.1) is 5.69 Å². The zero-order valence-electron chi connectivity index (χ0n) is 12.3. The minimum atomic E-state index is -0.0423. The molecular weight excluding hydrogens is 288 g/mol. The Balaban J connectivity index is 2.39. The van der Waals surface area contributed by atoms with Gasteiger partial charge < -0.3 is 0 Å². The Morgan fingerprint density at radius 2 is 1.75 bits per heavy atom. The number of aromatic nitrogens is 2. The van der Waals surface area contributed by atoms with E-state index in [1.54, 1.807) is 0 Å². The molecule has 0 saturated heterocycles. The third kappa shape index (κ3) is 3.74. The van der Waals surface area contributed by atoms with Gasteiger partial charge in [-0.2, -0.15) is 0 Å². The molecule has 0 aliphatic heterocycles. The van der Waals surface area contributed by atoms with Gasteiger partial charge in [0.1, 0.15) is 5.15 Å². The first kappa shape index (κ1) is 15.3. The van der Waals surface area contributed by atoms with Crippen molar-refractivity contribution >= 4 is 23.4 Å². The Morgan fingerprint density at radius 1 is 1.10 bits per heavy atom. The van der Waals surface area contributed by atoms with Crippen LogP contribution in [0.5, 0.6) is 0 Å². The van der Waals surface area contributed by atoms with Crippen LogP contribution in [0.1, 0.15) is 33.4 Å². The zero-order valence-corrected chi connectivity index (χ0v) is 13.8. The number of halogens is 1. The molecule has 1 heterocycles. The summed E-state index contributed by atoms with van der Waals surface area (Å²) >= 11 is 7.95. The highest BCUT2D eigenvalue weighted by Gasteiger charge is 2.18. The molecule has 2 nitrogen and oxygen atoms in total. The molecule has 0 spiro atoms. The van der Waals surface area contributed by atoms with Crippen LogP contribution in [-0.2, 0) is 5.41 Å². The van der Waals surface area contributed by atoms with E-state index in [9.17, 15) is 0 Å². The average molecular weight is 307 g/mol. The quantitative estimate of drug-likeness (QED) is 0.575. The lowest BCUT2D eigenvalue weighted by atomic mass is 9.92. The molecule has 2 rings (SSSR count). The van der Waals surface area contributed by atoms with Crippen LogP contribution in [-0.4, -0.2) is 15.7 Å². The minimum Gasteiger partial charge on any atom is -0.232 e. The highest BCUT2D eigenvalue weighted by molar-refractivity contribution is 7.99. The number of hydrogen-bond donors (Lipinski definition) is 0. The minimum absolute atomic E-state index is 0.0423. The van der Waals surface area contributed by atoms with Crippen LogP contribution < -0.4 is 0 Å². The van der Waals surface area contributed by atoms with Crippen LogP contribution >= 0.6 is 23.4 Å². The highest BCUT2D eigenvalue weighted by atomic mass is 35.5. The lowest BCUT2D eigenvalue weighted by Gasteiger charge is -2.18. The maximum Gasteiger partial charge on any atom is 0.161 e. The van der Waals surface area contributed by atoms with Gasteiger partial charge >= 0.3 is 0 Å². The summed E-state index contributed by atoms with van der Waals surface area (Å²) in [5.74, 6) is 1.76. The SMILES string of the molecule is CCSc1ccc(-c2nc(Cl)cc(C(C)(C)C)n2)cc1. The molecule has 0 radical (unpaired) electrons. The molecule has 4 heteroatoms. The van der Waals surface area contributed by atoms with E-state index in [0.717, 1.165) is 17.0 Å². The van der Waals surface area contributed by atoms with Crippen LogP contribution in [0.4, 0.5) is 0 Å². The predicted molar refractivity (Wildman–Crippen MR) is 87.6 cm³/mol. The first-order valence-corrected chi connectivity index (χ1v) is 8.05. The van der Waals surface area contributed by atoms with Crippen molar-refractivity contribution < 1.29 is 0 Å². The van der Waals surface area contributed by atoms with Gasteiger partial charge in [0.25, 0.3) is 0 Å². The van der Waals surface area contributed by atoms with Crippen molar-refractivity contribution in [2.75, 3.05) is 5.75 Å². The molecule has 0 N–H and O–H groups in total. The summed E-state index contributed by atoms with van der Waals surface area (Å²) in [6.07, 6.45) is 0. The van der Waals surface area contributed by atoms with Gasteiger partial charge in [-0.05, 0) is 24.0 Å². The summed E-state index contributed by atoms with van der Waals surface area (Å²) in [6.45, 7) is 8.51. The van der Waals surface area contributed by atoms with Gasteiger partial charge in [-0.1, -0.05) is 51.4 Å². The second-order valence-corrected chi connectivity index (χ2v) is 7.33. The molecule has 0 fully saturated rings. The Hall–Kier alpha value is -1.06. The lowest BCUT2D eigenvalue weighted by molar-refractivity contribution is 0.568. The number of thioether (sulfide) groups is 1. The van der Waals surface area contributed by atoms with Crippen molar-refractivity contribution in [3.63, 3.8) is 0 Å². The zero-order chi connectivity index (χ0) is 14.8. The molecule has 0 bridgehead atoms.